The van der Waals surface area contributed by atoms with Gasteiger partial charge in [-0.15, -0.1) is 0 Å². The van der Waals surface area contributed by atoms with Crippen molar-refractivity contribution in [3.63, 3.8) is 0 Å². The van der Waals surface area contributed by atoms with Crippen LogP contribution in [0.5, 0.6) is 0 Å². The average molecular weight is 335 g/mol. The van der Waals surface area contributed by atoms with E-state index in [9.17, 15) is 14.7 Å². The minimum Gasteiger partial charge on any atom is -0.548 e. The zero-order chi connectivity index (χ0) is 15.8. The van der Waals surface area contributed by atoms with E-state index >= 15 is 0 Å². The summed E-state index contributed by atoms with van der Waals surface area (Å²) in [7, 11) is 0. The van der Waals surface area contributed by atoms with Gasteiger partial charge in [0, 0.05) is 6.42 Å². The van der Waals surface area contributed by atoms with Crippen LogP contribution in [0.4, 0.5) is 0 Å². The first kappa shape index (κ1) is 20.1. The van der Waals surface area contributed by atoms with Crippen LogP contribution >= 0.6 is 0 Å². The van der Waals surface area contributed by atoms with Gasteiger partial charge >= 0.3 is 51.4 Å². The average Bonchev–Trinajstić information content (AvgIpc) is 2.54. The summed E-state index contributed by atoms with van der Waals surface area (Å²) in [6.45, 7) is 0. The molecule has 114 valence electrons. The van der Waals surface area contributed by atoms with E-state index in [1.54, 1.807) is 0 Å². The minimum atomic E-state index is -1.27. The topological polar surface area (TPSA) is 69.2 Å². The molecule has 0 aromatic heterocycles. The molecule has 0 spiro atoms. The third-order valence-electron chi connectivity index (χ3n) is 3.39. The van der Waals surface area contributed by atoms with E-state index in [1.807, 2.05) is 60.7 Å². The van der Waals surface area contributed by atoms with Gasteiger partial charge in [0.25, 0.3) is 0 Å². The maximum Gasteiger partial charge on any atom is 1.00 e. The summed E-state index contributed by atoms with van der Waals surface area (Å²) in [5.74, 6) is -1.55. The van der Waals surface area contributed by atoms with Gasteiger partial charge < -0.3 is 15.2 Å². The van der Waals surface area contributed by atoms with Crippen LogP contribution in [0.25, 0.3) is 0 Å². The van der Waals surface area contributed by atoms with Crippen LogP contribution in [0.2, 0.25) is 0 Å². The molecule has 2 rings (SSSR count). The summed E-state index contributed by atoms with van der Waals surface area (Å²) in [6.07, 6.45) is 1.06. The van der Waals surface area contributed by atoms with Crippen molar-refractivity contribution in [3.05, 3.63) is 71.8 Å². The van der Waals surface area contributed by atoms with E-state index in [2.05, 4.69) is 5.32 Å². The molecule has 0 fully saturated rings. The van der Waals surface area contributed by atoms with Gasteiger partial charge in [-0.25, -0.2) is 0 Å². The monoisotopic (exact) mass is 335 g/mol. The zero-order valence-corrected chi connectivity index (χ0v) is 16.3. The van der Waals surface area contributed by atoms with E-state index in [-0.39, 0.29) is 70.1 Å². The Kier molecular flexibility index (Phi) is 9.36. The standard InChI is InChI=1S/C18H19NO3.K/c20-17(12-11-14-7-3-1-4-8-14)19-16(18(21)22)13-15-9-5-2-6-10-15;/h1-10,16H,11-13H2,(H,19,20)(H,21,22);/q;+1/p-1. The summed E-state index contributed by atoms with van der Waals surface area (Å²) in [6, 6.07) is 17.8. The van der Waals surface area contributed by atoms with Gasteiger partial charge in [0.05, 0.1) is 12.0 Å². The van der Waals surface area contributed by atoms with Gasteiger partial charge in [-0.2, -0.15) is 0 Å². The molecule has 0 saturated heterocycles. The molecular weight excluding hydrogens is 317 g/mol. The number of carbonyl (C=O) groups excluding carboxylic acids is 2. The van der Waals surface area contributed by atoms with Crippen LogP contribution in [-0.4, -0.2) is 17.9 Å². The second-order valence-corrected chi connectivity index (χ2v) is 5.11. The van der Waals surface area contributed by atoms with Gasteiger partial charge in [0.2, 0.25) is 5.91 Å². The number of carboxylic acids is 1. The van der Waals surface area contributed by atoms with Crippen molar-refractivity contribution in [1.29, 1.82) is 0 Å². The Bertz CT molecular complexity index is 617. The molecule has 1 amide bonds. The Morgan fingerprint density at radius 2 is 1.43 bits per heavy atom. The molecule has 1 atom stereocenters. The van der Waals surface area contributed by atoms with Gasteiger partial charge in [-0.05, 0) is 24.0 Å². The van der Waals surface area contributed by atoms with Crippen LogP contribution in [0.15, 0.2) is 60.7 Å². The van der Waals surface area contributed by atoms with Crippen LogP contribution < -0.4 is 61.8 Å². The Morgan fingerprint density at radius 1 is 0.913 bits per heavy atom. The quantitative estimate of drug-likeness (QED) is 0.601. The number of carbonyl (C=O) groups is 2. The Balaban J connectivity index is 0.00000264. The van der Waals surface area contributed by atoms with E-state index in [4.69, 9.17) is 0 Å². The predicted octanol–water partition coefficient (Wildman–Crippen LogP) is -1.90. The van der Waals surface area contributed by atoms with E-state index in [0.29, 0.717) is 6.42 Å². The molecular formula is C18H18KNO3. The molecule has 0 aliphatic heterocycles. The summed E-state index contributed by atoms with van der Waals surface area (Å²) in [4.78, 5) is 23.1. The third-order valence-corrected chi connectivity index (χ3v) is 3.39. The molecule has 1 unspecified atom stereocenters. The van der Waals surface area contributed by atoms with Gasteiger partial charge in [-0.3, -0.25) is 4.79 Å². The van der Waals surface area contributed by atoms with Gasteiger partial charge in [0.15, 0.2) is 0 Å². The van der Waals surface area contributed by atoms with Crippen molar-refractivity contribution in [2.75, 3.05) is 0 Å². The van der Waals surface area contributed by atoms with Crippen LogP contribution in [0, 0.1) is 0 Å². The van der Waals surface area contributed by atoms with Crippen molar-refractivity contribution in [3.8, 4) is 0 Å². The number of nitrogens with one attached hydrogen (secondary N) is 1. The molecule has 23 heavy (non-hydrogen) atoms. The molecule has 5 heteroatoms. The normalized spacial score (nSPS) is 11.1. The maximum atomic E-state index is 11.9. The number of rotatable bonds is 7. The number of aliphatic carboxylic acids is 1. The molecule has 2 aromatic rings. The molecule has 2 aromatic carbocycles. The Hall–Kier alpha value is -0.984. The fourth-order valence-electron chi connectivity index (χ4n) is 2.21. The van der Waals surface area contributed by atoms with Crippen LogP contribution in [0.3, 0.4) is 0 Å². The molecule has 4 nitrogen and oxygen atoms in total. The largest absolute Gasteiger partial charge is 1.00 e. The maximum absolute atomic E-state index is 11.9. The minimum absolute atomic E-state index is 0. The first-order valence-electron chi connectivity index (χ1n) is 7.23. The SMILES string of the molecule is O=C(CCc1ccccc1)NC(Cc1ccccc1)C(=O)[O-].[K+]. The first-order chi connectivity index (χ1) is 10.6. The van der Waals surface area contributed by atoms with Gasteiger partial charge in [0.1, 0.15) is 0 Å². The van der Waals surface area contributed by atoms with Crippen molar-refractivity contribution in [2.24, 2.45) is 0 Å². The number of amides is 1. The van der Waals surface area contributed by atoms with Crippen LogP contribution in [0.1, 0.15) is 17.5 Å². The number of hydrogen-bond donors (Lipinski definition) is 1. The Labute approximate surface area is 178 Å². The molecule has 0 bridgehead atoms. The summed E-state index contributed by atoms with van der Waals surface area (Å²) in [5, 5.41) is 13.7. The van der Waals surface area contributed by atoms with E-state index in [0.717, 1.165) is 11.1 Å². The molecule has 1 N–H and O–H groups in total. The number of hydrogen-bond acceptors (Lipinski definition) is 3. The molecule has 0 heterocycles. The number of aryl methyl sites for hydroxylation is 1. The zero-order valence-electron chi connectivity index (χ0n) is 13.2. The van der Waals surface area contributed by atoms with E-state index in [1.165, 1.54) is 0 Å². The smallest absolute Gasteiger partial charge is 0.548 e. The first-order valence-corrected chi connectivity index (χ1v) is 7.23. The third kappa shape index (κ3) is 7.41. The number of benzene rings is 2. The molecule has 0 aliphatic rings. The molecule has 0 radical (unpaired) electrons. The van der Waals surface area contributed by atoms with Gasteiger partial charge in [-0.1, -0.05) is 60.7 Å². The summed E-state index contributed by atoms with van der Waals surface area (Å²) >= 11 is 0. The van der Waals surface area contributed by atoms with Crippen molar-refractivity contribution >= 4 is 11.9 Å². The second-order valence-electron chi connectivity index (χ2n) is 5.11. The summed E-state index contributed by atoms with van der Waals surface area (Å²) in [5.41, 5.74) is 1.89. The Morgan fingerprint density at radius 3 is 1.96 bits per heavy atom. The van der Waals surface area contributed by atoms with Crippen molar-refractivity contribution in [1.82, 2.24) is 5.32 Å². The predicted molar refractivity (Wildman–Crippen MR) is 81.8 cm³/mol. The second kappa shape index (κ2) is 10.7. The molecule has 0 saturated carbocycles. The van der Waals surface area contributed by atoms with Crippen molar-refractivity contribution in [2.45, 2.75) is 25.3 Å². The fraction of sp³-hybridized carbons (Fsp3) is 0.222. The van der Waals surface area contributed by atoms with Crippen molar-refractivity contribution < 1.29 is 66.1 Å². The van der Waals surface area contributed by atoms with Crippen LogP contribution in [-0.2, 0) is 22.4 Å². The fourth-order valence-corrected chi connectivity index (χ4v) is 2.21. The molecule has 0 aliphatic carbocycles. The van der Waals surface area contributed by atoms with E-state index < -0.39 is 12.0 Å². The number of carboxylic acid groups (broad SMARTS) is 1. The summed E-state index contributed by atoms with van der Waals surface area (Å²) < 4.78 is 0.